The molecule has 1 saturated carbocycles. The minimum atomic E-state index is -3.08. The number of alkyl halides is 2. The number of nitrogens with zero attached hydrogens (tertiary/aromatic N) is 2. The van der Waals surface area contributed by atoms with Gasteiger partial charge in [-0.25, -0.2) is 18.6 Å². The molecule has 2 aromatic rings. The summed E-state index contributed by atoms with van der Waals surface area (Å²) in [6.45, 7) is 11.4. The zero-order valence-electron chi connectivity index (χ0n) is 24.6. The lowest BCUT2D eigenvalue weighted by Gasteiger charge is -2.47. The van der Waals surface area contributed by atoms with Gasteiger partial charge in [-0.3, -0.25) is 15.0 Å². The van der Waals surface area contributed by atoms with Crippen LogP contribution in [-0.2, 0) is 14.8 Å². The van der Waals surface area contributed by atoms with Gasteiger partial charge in [-0.15, -0.1) is 0 Å². The molecule has 0 bridgehead atoms. The fraction of sp³-hybridized carbons (Fsp3) is 0.500. The summed E-state index contributed by atoms with van der Waals surface area (Å²) in [4.78, 5) is 31.6. The number of carboxylic acid groups (broad SMARTS) is 1. The molecule has 2 amide bonds. The predicted octanol–water partition coefficient (Wildman–Crippen LogP) is 8.31. The summed E-state index contributed by atoms with van der Waals surface area (Å²) < 4.78 is 36.5. The Balaban J connectivity index is 1.72. The van der Waals surface area contributed by atoms with Gasteiger partial charge in [-0.1, -0.05) is 74.3 Å². The van der Waals surface area contributed by atoms with E-state index in [4.69, 9.17) is 32.6 Å². The molecule has 228 valence electrons. The highest BCUT2D eigenvalue weighted by molar-refractivity contribution is 6.74. The largest absolute Gasteiger partial charge is 0.465 e. The third kappa shape index (κ3) is 6.51. The smallest absolute Gasteiger partial charge is 0.411 e. The van der Waals surface area contributed by atoms with Gasteiger partial charge in [0.2, 0.25) is 11.9 Å². The first kappa shape index (κ1) is 32.4. The number of guanidine groups is 1. The quantitative estimate of drug-likeness (QED) is 0.322. The first-order valence-electron chi connectivity index (χ1n) is 13.9. The Labute approximate surface area is 256 Å². The molecule has 3 atom stereocenters. The molecule has 0 spiro atoms. The van der Waals surface area contributed by atoms with Crippen LogP contribution in [0.3, 0.4) is 0 Å². The van der Waals surface area contributed by atoms with E-state index in [1.54, 1.807) is 37.3 Å². The molecule has 1 heterocycles. The topological polar surface area (TPSA) is 91.2 Å². The summed E-state index contributed by atoms with van der Waals surface area (Å²) in [6, 6.07) is 11.8. The lowest BCUT2D eigenvalue weighted by molar-refractivity contribution is -0.147. The molecule has 1 aliphatic heterocycles. The lowest BCUT2D eigenvalue weighted by atomic mass is 9.84. The highest BCUT2D eigenvalue weighted by Gasteiger charge is 2.53. The van der Waals surface area contributed by atoms with Crippen molar-refractivity contribution in [2.24, 2.45) is 4.99 Å². The predicted molar refractivity (Wildman–Crippen MR) is 164 cm³/mol. The second-order valence-corrected chi connectivity index (χ2v) is 18.4. The van der Waals surface area contributed by atoms with Crippen LogP contribution < -0.4 is 5.32 Å². The number of carbonyl (C=O) groups excluding carboxylic acids is 1. The Kier molecular flexibility index (Phi) is 8.88. The highest BCUT2D eigenvalue weighted by atomic mass is 35.5. The van der Waals surface area contributed by atoms with Crippen LogP contribution in [0.1, 0.15) is 58.9 Å². The standard InChI is InChI=1S/C30H37Cl2F2N3O4Si/c1-28(2,3)42(5,6)41-23-16-20(13-14-30(23,33)34)37-24(38)17-29(4,36-26(37)35-27(39)40)22-12-8-11-21(25(22)32)18-9-7-10-19(31)15-18/h7-12,15,20,23H,13-14,16-17H2,1-6H3,(H,35,36)(H,39,40)/t20-,23-,29+/m1/s1. The van der Waals surface area contributed by atoms with Crippen molar-refractivity contribution in [3.05, 3.63) is 58.1 Å². The van der Waals surface area contributed by atoms with E-state index >= 15 is 8.78 Å². The maximum Gasteiger partial charge on any atom is 0.411 e. The van der Waals surface area contributed by atoms with Crippen molar-refractivity contribution in [2.45, 2.75) is 95.1 Å². The van der Waals surface area contributed by atoms with Gasteiger partial charge in [0.15, 0.2) is 8.32 Å². The zero-order chi connectivity index (χ0) is 31.3. The molecule has 2 aromatic carbocycles. The van der Waals surface area contributed by atoms with E-state index in [0.29, 0.717) is 21.2 Å². The molecule has 2 N–H and O–H groups in total. The van der Waals surface area contributed by atoms with Gasteiger partial charge in [-0.2, -0.15) is 0 Å². The molecular formula is C30H37Cl2F2N3O4Si. The zero-order valence-corrected chi connectivity index (χ0v) is 27.1. The monoisotopic (exact) mass is 639 g/mol. The first-order chi connectivity index (χ1) is 19.3. The van der Waals surface area contributed by atoms with Crippen molar-refractivity contribution in [3.63, 3.8) is 0 Å². The van der Waals surface area contributed by atoms with E-state index in [-0.39, 0.29) is 30.3 Å². The van der Waals surface area contributed by atoms with Crippen molar-refractivity contribution in [1.29, 1.82) is 0 Å². The third-order valence-electron chi connectivity index (χ3n) is 8.65. The third-order valence-corrected chi connectivity index (χ3v) is 13.8. The molecule has 1 aliphatic carbocycles. The normalized spacial score (nSPS) is 24.8. The van der Waals surface area contributed by atoms with Crippen molar-refractivity contribution in [3.8, 4) is 11.1 Å². The molecule has 1 fully saturated rings. The van der Waals surface area contributed by atoms with Gasteiger partial charge in [0.1, 0.15) is 6.10 Å². The van der Waals surface area contributed by atoms with Crippen molar-refractivity contribution in [1.82, 2.24) is 10.2 Å². The minimum Gasteiger partial charge on any atom is -0.465 e. The van der Waals surface area contributed by atoms with Gasteiger partial charge in [0.25, 0.3) is 5.92 Å². The van der Waals surface area contributed by atoms with Gasteiger partial charge in [0.05, 0.1) is 17.0 Å². The van der Waals surface area contributed by atoms with E-state index in [0.717, 1.165) is 5.56 Å². The van der Waals surface area contributed by atoms with E-state index in [2.05, 4.69) is 5.32 Å². The van der Waals surface area contributed by atoms with Crippen molar-refractivity contribution in [2.75, 3.05) is 0 Å². The first-order valence-corrected chi connectivity index (χ1v) is 17.5. The van der Waals surface area contributed by atoms with Gasteiger partial charge in [-0.05, 0) is 61.2 Å². The van der Waals surface area contributed by atoms with Gasteiger partial charge < -0.3 is 9.53 Å². The summed E-state index contributed by atoms with van der Waals surface area (Å²) in [5.41, 5.74) is 0.738. The number of hydrogen-bond donors (Lipinski definition) is 2. The Hall–Kier alpha value is -2.53. The Bertz CT molecular complexity index is 1420. The van der Waals surface area contributed by atoms with Crippen LogP contribution in [0.25, 0.3) is 11.1 Å². The number of aliphatic imine (C=N–C) groups is 1. The summed E-state index contributed by atoms with van der Waals surface area (Å²) in [5.74, 6) is -3.74. The Morgan fingerprint density at radius 3 is 2.48 bits per heavy atom. The average Bonchev–Trinajstić information content (AvgIpc) is 2.84. The van der Waals surface area contributed by atoms with Crippen LogP contribution >= 0.6 is 23.2 Å². The van der Waals surface area contributed by atoms with E-state index in [1.165, 1.54) is 4.90 Å². The maximum atomic E-state index is 15.2. The number of rotatable bonds is 5. The SMILES string of the molecule is CC(C)(C)[Si](C)(C)O[C@@H]1C[C@H](N2C(=O)C[C@@](C)(c3cccc(-c4cccc(Cl)c4)c3Cl)N=C2NC(=O)O)CCC1(F)F. The van der Waals surface area contributed by atoms with E-state index in [1.807, 2.05) is 46.0 Å². The molecule has 42 heavy (non-hydrogen) atoms. The average molecular weight is 641 g/mol. The maximum absolute atomic E-state index is 15.2. The molecule has 0 radical (unpaired) electrons. The minimum absolute atomic E-state index is 0.0296. The van der Waals surface area contributed by atoms with Crippen LogP contribution in [-0.4, -0.2) is 54.4 Å². The number of nitrogens with one attached hydrogen (secondary N) is 1. The van der Waals surface area contributed by atoms with Crippen LogP contribution in [0.4, 0.5) is 13.6 Å². The molecule has 0 saturated heterocycles. The second kappa shape index (κ2) is 11.5. The number of carbonyl (C=O) groups is 2. The van der Waals surface area contributed by atoms with Crippen molar-refractivity contribution >= 4 is 49.5 Å². The van der Waals surface area contributed by atoms with E-state index < -0.39 is 50.3 Å². The molecule has 0 unspecified atom stereocenters. The highest BCUT2D eigenvalue weighted by Crippen LogP contribution is 2.46. The van der Waals surface area contributed by atoms with Gasteiger partial charge >= 0.3 is 6.09 Å². The number of amides is 2. The van der Waals surface area contributed by atoms with Crippen LogP contribution in [0.2, 0.25) is 28.2 Å². The fourth-order valence-electron chi connectivity index (χ4n) is 5.33. The Morgan fingerprint density at radius 2 is 1.86 bits per heavy atom. The molecule has 2 aliphatic rings. The van der Waals surface area contributed by atoms with Crippen LogP contribution in [0, 0.1) is 0 Å². The summed E-state index contributed by atoms with van der Waals surface area (Å²) in [7, 11) is -2.58. The fourth-order valence-corrected chi connectivity index (χ4v) is 7.29. The second-order valence-electron chi connectivity index (χ2n) is 12.8. The molecular weight excluding hydrogens is 603 g/mol. The van der Waals surface area contributed by atoms with Gasteiger partial charge in [0, 0.05) is 23.0 Å². The van der Waals surface area contributed by atoms with Crippen LogP contribution in [0.15, 0.2) is 47.5 Å². The van der Waals surface area contributed by atoms with E-state index in [9.17, 15) is 14.7 Å². The molecule has 7 nitrogen and oxygen atoms in total. The lowest BCUT2D eigenvalue weighted by Crippen LogP contribution is -2.60. The molecule has 0 aromatic heterocycles. The summed E-state index contributed by atoms with van der Waals surface area (Å²) in [5, 5.41) is 12.5. The molecule has 12 heteroatoms. The van der Waals surface area contributed by atoms with Crippen molar-refractivity contribution < 1.29 is 27.9 Å². The number of benzene rings is 2. The number of hydrogen-bond acceptors (Lipinski definition) is 4. The van der Waals surface area contributed by atoms with Crippen LogP contribution in [0.5, 0.6) is 0 Å². The summed E-state index contributed by atoms with van der Waals surface area (Å²) in [6.07, 6.45) is -3.65. The number of halogens is 4. The summed E-state index contributed by atoms with van der Waals surface area (Å²) >= 11 is 13.1. The molecule has 4 rings (SSSR count). The Morgan fingerprint density at radius 1 is 1.19 bits per heavy atom.